The summed E-state index contributed by atoms with van der Waals surface area (Å²) in [5.74, 6) is 1.01. The van der Waals surface area contributed by atoms with E-state index in [1.807, 2.05) is 32.9 Å². The molecule has 5 heteroatoms. The molecular weight excluding hydrogens is 332 g/mol. The van der Waals surface area contributed by atoms with Crippen LogP contribution in [0.3, 0.4) is 0 Å². The monoisotopic (exact) mass is 352 g/mol. The Bertz CT molecular complexity index is 1020. The van der Waals surface area contributed by atoms with Crippen molar-refractivity contribution in [1.29, 1.82) is 0 Å². The van der Waals surface area contributed by atoms with Crippen molar-refractivity contribution in [3.8, 4) is 11.5 Å². The minimum Gasteiger partial charge on any atom is -0.490 e. The Labute approximate surface area is 151 Å². The maximum atomic E-state index is 11.9. The standard InChI is InChI=1S/C21H20O5/c1-4-24-20-9-15(11-22)5-6-18(20)25-12-16-10-21(23)26-19-8-14(3)13(2)7-17(16)19/h5-11H,4,12H2,1-3H3. The van der Waals surface area contributed by atoms with E-state index in [0.717, 1.165) is 28.4 Å². The smallest absolute Gasteiger partial charge is 0.336 e. The number of ether oxygens (including phenoxy) is 2. The van der Waals surface area contributed by atoms with Crippen LogP contribution in [-0.2, 0) is 6.61 Å². The summed E-state index contributed by atoms with van der Waals surface area (Å²) in [4.78, 5) is 22.8. The number of carbonyl (C=O) groups is 1. The molecular formula is C21H20O5. The van der Waals surface area contributed by atoms with Crippen LogP contribution in [0.2, 0.25) is 0 Å². The summed E-state index contributed by atoms with van der Waals surface area (Å²) in [7, 11) is 0. The first-order valence-electron chi connectivity index (χ1n) is 8.40. The highest BCUT2D eigenvalue weighted by Crippen LogP contribution is 2.30. The second kappa shape index (κ2) is 7.44. The van der Waals surface area contributed by atoms with Crippen molar-refractivity contribution in [3.05, 3.63) is 69.1 Å². The number of aldehydes is 1. The van der Waals surface area contributed by atoms with Gasteiger partial charge in [0.15, 0.2) is 11.5 Å². The van der Waals surface area contributed by atoms with Gasteiger partial charge in [-0.1, -0.05) is 0 Å². The Morgan fingerprint density at radius 1 is 1.00 bits per heavy atom. The average Bonchev–Trinajstić information content (AvgIpc) is 2.62. The molecule has 134 valence electrons. The Balaban J connectivity index is 1.96. The number of hydrogen-bond acceptors (Lipinski definition) is 5. The fourth-order valence-corrected chi connectivity index (χ4v) is 2.74. The zero-order chi connectivity index (χ0) is 18.7. The van der Waals surface area contributed by atoms with E-state index in [0.29, 0.717) is 29.3 Å². The molecule has 0 unspecified atom stereocenters. The van der Waals surface area contributed by atoms with E-state index in [-0.39, 0.29) is 6.61 Å². The lowest BCUT2D eigenvalue weighted by atomic mass is 10.0. The summed E-state index contributed by atoms with van der Waals surface area (Å²) >= 11 is 0. The fourth-order valence-electron chi connectivity index (χ4n) is 2.74. The van der Waals surface area contributed by atoms with Crippen LogP contribution in [0.15, 0.2) is 45.6 Å². The zero-order valence-electron chi connectivity index (χ0n) is 15.0. The molecule has 2 aromatic carbocycles. The van der Waals surface area contributed by atoms with Crippen molar-refractivity contribution in [2.75, 3.05) is 6.61 Å². The maximum Gasteiger partial charge on any atom is 0.336 e. The molecule has 0 radical (unpaired) electrons. The van der Waals surface area contributed by atoms with Crippen LogP contribution in [0.1, 0.15) is 34.0 Å². The summed E-state index contributed by atoms with van der Waals surface area (Å²) < 4.78 is 16.7. The third kappa shape index (κ3) is 3.61. The molecule has 0 aliphatic heterocycles. The van der Waals surface area contributed by atoms with Gasteiger partial charge in [-0.2, -0.15) is 0 Å². The van der Waals surface area contributed by atoms with Crippen LogP contribution in [0.25, 0.3) is 11.0 Å². The predicted molar refractivity (Wildman–Crippen MR) is 99.3 cm³/mol. The molecule has 0 amide bonds. The summed E-state index contributed by atoms with van der Waals surface area (Å²) in [5, 5.41) is 0.843. The van der Waals surface area contributed by atoms with Crippen molar-refractivity contribution in [2.24, 2.45) is 0 Å². The minimum atomic E-state index is -0.416. The Morgan fingerprint density at radius 3 is 2.50 bits per heavy atom. The maximum absolute atomic E-state index is 11.9. The topological polar surface area (TPSA) is 65.7 Å². The van der Waals surface area contributed by atoms with Crippen LogP contribution >= 0.6 is 0 Å². The van der Waals surface area contributed by atoms with Gasteiger partial charge in [-0.25, -0.2) is 4.79 Å². The Morgan fingerprint density at radius 2 is 1.77 bits per heavy atom. The Hall–Kier alpha value is -3.08. The van der Waals surface area contributed by atoms with Crippen LogP contribution in [0.5, 0.6) is 11.5 Å². The van der Waals surface area contributed by atoms with E-state index in [2.05, 4.69) is 0 Å². The van der Waals surface area contributed by atoms with E-state index < -0.39 is 5.63 Å². The molecule has 3 rings (SSSR count). The van der Waals surface area contributed by atoms with Gasteiger partial charge in [0.25, 0.3) is 0 Å². The summed E-state index contributed by atoms with van der Waals surface area (Å²) in [6.07, 6.45) is 0.757. The van der Waals surface area contributed by atoms with Gasteiger partial charge in [0.05, 0.1) is 6.61 Å². The van der Waals surface area contributed by atoms with Gasteiger partial charge in [0.2, 0.25) is 0 Å². The van der Waals surface area contributed by atoms with Gasteiger partial charge in [0.1, 0.15) is 18.5 Å². The van der Waals surface area contributed by atoms with Crippen LogP contribution < -0.4 is 15.1 Å². The first kappa shape index (κ1) is 17.7. The largest absolute Gasteiger partial charge is 0.490 e. The van der Waals surface area contributed by atoms with Gasteiger partial charge < -0.3 is 13.9 Å². The fraction of sp³-hybridized carbons (Fsp3) is 0.238. The number of carbonyl (C=O) groups excluding carboxylic acids is 1. The second-order valence-electron chi connectivity index (χ2n) is 6.07. The number of rotatable bonds is 6. The van der Waals surface area contributed by atoms with Crippen molar-refractivity contribution >= 4 is 17.3 Å². The number of hydrogen-bond donors (Lipinski definition) is 0. The lowest BCUT2D eigenvalue weighted by molar-refractivity contribution is 0.112. The first-order chi connectivity index (χ1) is 12.5. The van der Waals surface area contributed by atoms with Gasteiger partial charge >= 0.3 is 5.63 Å². The van der Waals surface area contributed by atoms with E-state index in [1.165, 1.54) is 6.07 Å². The van der Waals surface area contributed by atoms with Crippen LogP contribution in [0.4, 0.5) is 0 Å². The summed E-state index contributed by atoms with van der Waals surface area (Å²) in [6.45, 7) is 6.48. The quantitative estimate of drug-likeness (QED) is 0.491. The van der Waals surface area contributed by atoms with Crippen molar-refractivity contribution in [1.82, 2.24) is 0 Å². The van der Waals surface area contributed by atoms with Crippen molar-refractivity contribution < 1.29 is 18.7 Å². The molecule has 3 aromatic rings. The van der Waals surface area contributed by atoms with Crippen molar-refractivity contribution in [2.45, 2.75) is 27.4 Å². The van der Waals surface area contributed by atoms with E-state index in [4.69, 9.17) is 13.9 Å². The molecule has 0 atom stereocenters. The molecule has 0 aliphatic rings. The molecule has 0 fully saturated rings. The molecule has 0 saturated carbocycles. The number of benzene rings is 2. The molecule has 0 bridgehead atoms. The van der Waals surface area contributed by atoms with E-state index >= 15 is 0 Å². The molecule has 0 N–H and O–H groups in total. The van der Waals surface area contributed by atoms with E-state index in [9.17, 15) is 9.59 Å². The number of aryl methyl sites for hydroxylation is 2. The second-order valence-corrected chi connectivity index (χ2v) is 6.07. The molecule has 0 spiro atoms. The Kier molecular flexibility index (Phi) is 5.07. The molecule has 5 nitrogen and oxygen atoms in total. The lowest BCUT2D eigenvalue weighted by Gasteiger charge is -2.13. The molecule has 0 saturated heterocycles. The number of fused-ring (bicyclic) bond motifs is 1. The lowest BCUT2D eigenvalue weighted by Crippen LogP contribution is -2.05. The third-order valence-corrected chi connectivity index (χ3v) is 4.23. The third-order valence-electron chi connectivity index (χ3n) is 4.23. The molecule has 1 heterocycles. The van der Waals surface area contributed by atoms with E-state index in [1.54, 1.807) is 18.2 Å². The van der Waals surface area contributed by atoms with Gasteiger partial charge in [-0.15, -0.1) is 0 Å². The molecule has 0 aliphatic carbocycles. The van der Waals surface area contributed by atoms with Crippen molar-refractivity contribution in [3.63, 3.8) is 0 Å². The SMILES string of the molecule is CCOc1cc(C=O)ccc1OCc1cc(=O)oc2cc(C)c(C)cc12. The predicted octanol–water partition coefficient (Wildman–Crippen LogP) is 4.20. The highest BCUT2D eigenvalue weighted by Gasteiger charge is 2.11. The molecule has 1 aromatic heterocycles. The summed E-state index contributed by atoms with van der Waals surface area (Å²) in [6, 6.07) is 10.3. The first-order valence-corrected chi connectivity index (χ1v) is 8.40. The van der Waals surface area contributed by atoms with Gasteiger partial charge in [0, 0.05) is 22.6 Å². The molecule has 26 heavy (non-hydrogen) atoms. The summed E-state index contributed by atoms with van der Waals surface area (Å²) in [5.41, 5.74) is 3.54. The minimum absolute atomic E-state index is 0.186. The highest BCUT2D eigenvalue weighted by molar-refractivity contribution is 5.82. The van der Waals surface area contributed by atoms with Gasteiger partial charge in [-0.3, -0.25) is 4.79 Å². The zero-order valence-corrected chi connectivity index (χ0v) is 15.0. The highest BCUT2D eigenvalue weighted by atomic mass is 16.5. The van der Waals surface area contributed by atoms with Crippen LogP contribution in [-0.4, -0.2) is 12.9 Å². The normalized spacial score (nSPS) is 10.7. The van der Waals surface area contributed by atoms with Crippen LogP contribution in [0, 0.1) is 13.8 Å². The average molecular weight is 352 g/mol. The van der Waals surface area contributed by atoms with Gasteiger partial charge in [-0.05, 0) is 62.2 Å².